The Bertz CT molecular complexity index is 6360. The summed E-state index contributed by atoms with van der Waals surface area (Å²) in [6.45, 7) is 8.51. The first-order valence-corrected chi connectivity index (χ1v) is 47.4. The minimum atomic E-state index is -0.976. The molecule has 33 nitrogen and oxygen atoms in total. The van der Waals surface area contributed by atoms with Crippen molar-refractivity contribution in [3.63, 3.8) is 0 Å². The number of amides is 12. The molecule has 6 N–H and O–H groups in total. The van der Waals surface area contributed by atoms with E-state index >= 15 is 0 Å². The van der Waals surface area contributed by atoms with Gasteiger partial charge in [0, 0.05) is 92.6 Å². The third-order valence-electron chi connectivity index (χ3n) is 22.9. The number of imide groups is 6. The molecule has 14 heterocycles. The lowest BCUT2D eigenvalue weighted by atomic mass is 9.98. The molecule has 0 saturated carbocycles. The van der Waals surface area contributed by atoms with Crippen LogP contribution in [0, 0.1) is 48.7 Å². The van der Waals surface area contributed by atoms with Crippen LogP contribution in [0.3, 0.4) is 0 Å². The Morgan fingerprint density at radius 2 is 0.908 bits per heavy atom. The van der Waals surface area contributed by atoms with Crippen molar-refractivity contribution in [3.05, 3.63) is 251 Å². The summed E-state index contributed by atoms with van der Waals surface area (Å²) in [5, 5.41) is 40.6. The molecule has 0 aliphatic carbocycles. The molecule has 7 aromatic heterocycles. The smallest absolute Gasteiger partial charge is 0.262 e. The van der Waals surface area contributed by atoms with Crippen LogP contribution in [0.15, 0.2) is 146 Å². The number of benzene rings is 4. The fourth-order valence-electron chi connectivity index (χ4n) is 16.4. The number of unbranched alkanes of at least 4 members (excludes halogenated alkanes) is 7. The van der Waals surface area contributed by atoms with E-state index in [0.717, 1.165) is 190 Å². The Hall–Kier alpha value is -12.2. The molecule has 38 heteroatoms. The Morgan fingerprint density at radius 3 is 1.30 bits per heavy atom. The van der Waals surface area contributed by atoms with Gasteiger partial charge in [-0.25, -0.2) is 0 Å². The van der Waals surface area contributed by atoms with E-state index in [4.69, 9.17) is 28.8 Å². The zero-order valence-corrected chi connectivity index (χ0v) is 79.6. The van der Waals surface area contributed by atoms with Gasteiger partial charge in [0.1, 0.15) is 35.5 Å². The summed E-state index contributed by atoms with van der Waals surface area (Å²) >= 11 is 14.5. The first-order chi connectivity index (χ1) is 63.3. The molecule has 3 atom stereocenters. The summed E-state index contributed by atoms with van der Waals surface area (Å²) in [5.41, 5.74) is 15.4. The number of aliphatic imine (C=N–C) groups is 1. The van der Waals surface area contributed by atoms with Gasteiger partial charge >= 0.3 is 0 Å². The zero-order valence-electron chi connectivity index (χ0n) is 71.5. The maximum atomic E-state index is 13.4. The van der Waals surface area contributed by atoms with Crippen molar-refractivity contribution in [2.45, 2.75) is 193 Å². The highest BCUT2D eigenvalue weighted by molar-refractivity contribution is 14.1. The van der Waals surface area contributed by atoms with Gasteiger partial charge in [-0.1, -0.05) is 97.2 Å². The van der Waals surface area contributed by atoms with Gasteiger partial charge in [-0.2, -0.15) is 25.5 Å². The second-order valence-electron chi connectivity index (χ2n) is 31.8. The third-order valence-corrected chi connectivity index (χ3v) is 26.0. The van der Waals surface area contributed by atoms with Gasteiger partial charge in [-0.05, 0) is 231 Å². The number of H-pyrrole nitrogens is 1. The van der Waals surface area contributed by atoms with Crippen LogP contribution in [0.1, 0.15) is 232 Å². The van der Waals surface area contributed by atoms with Crippen molar-refractivity contribution in [1.29, 1.82) is 0 Å². The number of terminal acetylenes is 1. The van der Waals surface area contributed by atoms with E-state index in [1.165, 1.54) is 3.57 Å². The largest absolute Gasteiger partial charge is 0.330 e. The summed E-state index contributed by atoms with van der Waals surface area (Å²) in [5.74, 6) is 5.08. The number of fused-ring (bicyclic) bond motifs is 6. The van der Waals surface area contributed by atoms with Crippen LogP contribution in [0.5, 0.6) is 0 Å². The van der Waals surface area contributed by atoms with Crippen LogP contribution in [0.4, 0.5) is 0 Å². The Kier molecular flexibility index (Phi) is 32.0. The molecule has 0 spiro atoms. The summed E-state index contributed by atoms with van der Waals surface area (Å²) in [6, 6.07) is 20.6. The van der Waals surface area contributed by atoms with E-state index in [1.807, 2.05) is 111 Å². The highest BCUT2D eigenvalue weighted by Gasteiger charge is 2.49. The Balaban J connectivity index is 0.000000151. The van der Waals surface area contributed by atoms with E-state index in [-0.39, 0.29) is 50.3 Å². The quantitative estimate of drug-likeness (QED) is 0.0145. The van der Waals surface area contributed by atoms with Crippen molar-refractivity contribution < 1.29 is 57.5 Å². The predicted molar refractivity (Wildman–Crippen MR) is 509 cm³/mol. The minimum absolute atomic E-state index is 0.0881. The third kappa shape index (κ3) is 22.7. The number of nitrogens with zero attached hydrogens (tertiary/aromatic N) is 16. The molecule has 4 aromatic carbocycles. The minimum Gasteiger partial charge on any atom is -0.330 e. The van der Waals surface area contributed by atoms with Gasteiger partial charge in [-0.15, -0.1) is 28.0 Å². The van der Waals surface area contributed by atoms with E-state index in [1.54, 1.807) is 66.3 Å². The number of rotatable bonds is 26. The molecule has 0 radical (unpaired) electrons. The molecule has 11 aromatic rings. The Labute approximate surface area is 803 Å². The van der Waals surface area contributed by atoms with Crippen LogP contribution in [0.2, 0.25) is 5.02 Å². The zero-order chi connectivity index (χ0) is 92.5. The molecule has 7 aliphatic heterocycles. The molecule has 0 bridgehead atoms. The summed E-state index contributed by atoms with van der Waals surface area (Å²) < 4.78 is 13.1. The average Bonchev–Trinajstić information content (AvgIpc) is 1.99. The monoisotopic (exact) mass is 2140 g/mol. The number of aromatic nitrogens is 13. The highest BCUT2D eigenvalue weighted by atomic mass is 127. The molecule has 18 rings (SSSR count). The van der Waals surface area contributed by atoms with E-state index in [0.29, 0.717) is 70.8 Å². The lowest BCUT2D eigenvalue weighted by Gasteiger charge is -2.27. The fraction of sp³-hybridized carbons (Fsp3) is 0.333. The lowest BCUT2D eigenvalue weighted by molar-refractivity contribution is -0.137. The molecule has 131 heavy (non-hydrogen) atoms. The van der Waals surface area contributed by atoms with Crippen molar-refractivity contribution in [3.8, 4) is 29.2 Å². The number of carbonyl (C=O) groups is 12. The molecular weight excluding hydrogens is 2050 g/mol. The molecule has 12 amide bonds. The average molecular weight is 2140 g/mol. The van der Waals surface area contributed by atoms with Gasteiger partial charge in [-0.3, -0.25) is 122 Å². The van der Waals surface area contributed by atoms with E-state index in [9.17, 15) is 57.5 Å². The number of nitrogens with one attached hydrogen (secondary N) is 4. The normalized spacial score (nSPS) is 16.5. The van der Waals surface area contributed by atoms with Crippen LogP contribution in [-0.4, -0.2) is 180 Å². The lowest BCUT2D eigenvalue weighted by Crippen LogP contribution is -2.54. The van der Waals surface area contributed by atoms with Crippen LogP contribution in [-0.2, 0) is 80.8 Å². The first kappa shape index (κ1) is 94.9. The number of carbonyl (C=O) groups excluding carboxylic acids is 12. The number of nitrogens with two attached hydrogens (primary N) is 1. The second kappa shape index (κ2) is 44.2. The number of hydrogen-bond donors (Lipinski definition) is 5. The SMILES string of the molecule is C#Cc1cnn(CCCCCc2cccc3c2C(=O)N(C2CCC(=O)NC2=O)C3=O)c1.Cc1c(C#Cc2cnn(CCCCCc3cccc4c3C(=O)N(C3CCC(=O)NC3=O)C4=O)c2)sc2c1C(c1ccc(Cl)cc1)=NCc1nnc(C)n1-2.Ic1cn[nH]c1.NCCCCn1cc(I)cn1.O=C1CCC(N2C(=O)c3cccc(CCCCCn4cc(I)cn4)c3C2=O)C(=O)N1. The van der Waals surface area contributed by atoms with Gasteiger partial charge in [0.15, 0.2) is 5.82 Å². The number of aryl methyl sites for hydroxylation is 8. The van der Waals surface area contributed by atoms with Crippen molar-refractivity contribution in [1.82, 2.24) is 94.7 Å². The maximum absolute atomic E-state index is 13.4. The maximum Gasteiger partial charge on any atom is 0.262 e. The summed E-state index contributed by atoms with van der Waals surface area (Å²) in [4.78, 5) is 159. The van der Waals surface area contributed by atoms with Gasteiger partial charge in [0.2, 0.25) is 35.4 Å². The molecule has 3 unspecified atom stereocenters. The molecule has 7 aliphatic rings. The molecule has 3 saturated heterocycles. The van der Waals surface area contributed by atoms with E-state index < -0.39 is 77.2 Å². The van der Waals surface area contributed by atoms with Crippen LogP contribution in [0.25, 0.3) is 5.00 Å². The second-order valence-corrected chi connectivity index (χ2v) is 37.0. The fourth-order valence-corrected chi connectivity index (χ4v) is 18.9. The number of thiophene rings is 1. The Morgan fingerprint density at radius 1 is 0.481 bits per heavy atom. The van der Waals surface area contributed by atoms with Crippen molar-refractivity contribution >= 4 is 167 Å². The van der Waals surface area contributed by atoms with Crippen LogP contribution < -0.4 is 21.7 Å². The molecule has 3 fully saturated rings. The first-order valence-electron chi connectivity index (χ1n) is 42.9. The predicted octanol–water partition coefficient (Wildman–Crippen LogP) is 11.6. The van der Waals surface area contributed by atoms with Crippen molar-refractivity contribution in [2.24, 2.45) is 10.7 Å². The highest BCUT2D eigenvalue weighted by Crippen LogP contribution is 2.39. The number of hydrogen-bond acceptors (Lipinski definition) is 22. The number of piperidine rings is 3. The number of halogens is 4. The topological polar surface area (TPSA) is 420 Å². The van der Waals surface area contributed by atoms with Gasteiger partial charge < -0.3 is 5.73 Å². The molecule has 674 valence electrons. The summed E-state index contributed by atoms with van der Waals surface area (Å²) in [6.07, 6.45) is 36.9. The van der Waals surface area contributed by atoms with Crippen LogP contribution >= 0.6 is 90.7 Å². The molecular formula is C93H91ClI3N21O12S. The van der Waals surface area contributed by atoms with Gasteiger partial charge in [0.25, 0.3) is 35.4 Å². The summed E-state index contributed by atoms with van der Waals surface area (Å²) in [7, 11) is 0. The van der Waals surface area contributed by atoms with E-state index in [2.05, 4.69) is 154 Å². The number of aromatic amines is 1. The van der Waals surface area contributed by atoms with Crippen molar-refractivity contribution in [2.75, 3.05) is 6.54 Å². The standard InChI is InChI=1S/C39H33ClN8O4S.C23H22N4O4.C21H21IN4O4.C7H12IN3.C3H3IN2/c1-22-30(53-39-33(22)35(26-11-13-27(40)14-12-26)41-20-31-45-44-23(2)47(31)39)16-10-24-19-42-46(21-24)18-5-3-4-7-25-8-6-9-28-34(25)38(52)48(37(28)51)29-15-17-32(49)43-36(29)50;1-2-15-13-24-26(14-15)12-5-3-4-7-16-8-6-9-17-20(16)23(31)27(22(17)30)18-10-11-19(28)25-21(18)29;22-14-11-23-25(12-14)10-3-1-2-5-13-6-4-7-15-18(13)21(30)26(20(15)29)16-8-9-17(27)24-19(16)28;8-7-5-10-11(6-7)4-2-1-3-9;4-3-1-5-6-2-3/h6,8-9,11-14,19,21,29H,3-5,7,15,17-18,20H2,1-2H3,(H,43,49,50);1,6,8-9,13-14,18H,3-5,7,10-12H2,(H,25,28,29);4,6-7,11-12,16H,1-3,5,8-10H2,(H,24,27,28);5-6H,1-4,9H2;1-2H,(H,5,6). The van der Waals surface area contributed by atoms with Gasteiger partial charge in [0.05, 0.1) is 96.8 Å².